The summed E-state index contributed by atoms with van der Waals surface area (Å²) in [6, 6.07) is 0.828. The molecule has 0 radical (unpaired) electrons. The first-order chi connectivity index (χ1) is 10.2. The molecule has 0 bridgehead atoms. The van der Waals surface area contributed by atoms with E-state index in [1.165, 1.54) is 96.7 Å². The molecular formula is C19H41IN2. The van der Waals surface area contributed by atoms with Gasteiger partial charge in [0.15, 0.2) is 0 Å². The zero-order valence-corrected chi connectivity index (χ0v) is 17.8. The number of hydrogen-bond donors (Lipinski definition) is 0. The standard InChI is InChI=1S/C19H40N2.HI/c1-4-5-6-7-8-9-10-11-12-13-16-21-17-14-19(15-18-21)20(2)3;/h19H,4-18H2,1-3H3;1H. The number of likely N-dealkylation sites (tertiary alicyclic amines) is 1. The van der Waals surface area contributed by atoms with Crippen LogP contribution in [-0.2, 0) is 0 Å². The Labute approximate surface area is 157 Å². The van der Waals surface area contributed by atoms with Crippen molar-refractivity contribution >= 4 is 24.0 Å². The summed E-state index contributed by atoms with van der Waals surface area (Å²) in [5, 5.41) is 0. The Morgan fingerprint density at radius 3 is 1.68 bits per heavy atom. The second-order valence-corrected chi connectivity index (χ2v) is 7.22. The minimum Gasteiger partial charge on any atom is -0.306 e. The summed E-state index contributed by atoms with van der Waals surface area (Å²) in [6.07, 6.45) is 17.2. The third-order valence-corrected chi connectivity index (χ3v) is 5.12. The molecule has 0 aromatic heterocycles. The van der Waals surface area contributed by atoms with Gasteiger partial charge in [-0.25, -0.2) is 0 Å². The topological polar surface area (TPSA) is 6.48 Å². The van der Waals surface area contributed by atoms with Crippen LogP contribution in [0.3, 0.4) is 0 Å². The van der Waals surface area contributed by atoms with Gasteiger partial charge in [-0.05, 0) is 53.0 Å². The van der Waals surface area contributed by atoms with E-state index in [1.54, 1.807) is 0 Å². The van der Waals surface area contributed by atoms with Gasteiger partial charge in [0.05, 0.1) is 0 Å². The van der Waals surface area contributed by atoms with E-state index in [-0.39, 0.29) is 24.0 Å². The van der Waals surface area contributed by atoms with E-state index in [9.17, 15) is 0 Å². The largest absolute Gasteiger partial charge is 0.306 e. The van der Waals surface area contributed by atoms with Gasteiger partial charge in [0, 0.05) is 6.04 Å². The minimum atomic E-state index is 0. The molecule has 3 heteroatoms. The predicted octanol–water partition coefficient (Wildman–Crippen LogP) is 5.55. The smallest absolute Gasteiger partial charge is 0.0113 e. The predicted molar refractivity (Wildman–Crippen MR) is 110 cm³/mol. The Bertz CT molecular complexity index is 225. The Balaban J connectivity index is 0.00000441. The fraction of sp³-hybridized carbons (Fsp3) is 1.00. The number of rotatable bonds is 12. The van der Waals surface area contributed by atoms with Gasteiger partial charge >= 0.3 is 0 Å². The molecule has 0 unspecified atom stereocenters. The monoisotopic (exact) mass is 424 g/mol. The first-order valence-corrected chi connectivity index (χ1v) is 9.62. The first kappa shape index (κ1) is 22.6. The van der Waals surface area contributed by atoms with Crippen LogP contribution >= 0.6 is 24.0 Å². The van der Waals surface area contributed by atoms with Crippen molar-refractivity contribution in [1.29, 1.82) is 0 Å². The maximum atomic E-state index is 2.69. The molecule has 0 saturated carbocycles. The van der Waals surface area contributed by atoms with Crippen molar-refractivity contribution in [2.75, 3.05) is 33.7 Å². The highest BCUT2D eigenvalue weighted by Gasteiger charge is 2.19. The maximum Gasteiger partial charge on any atom is 0.0113 e. The Kier molecular flexibility index (Phi) is 15.6. The third-order valence-electron chi connectivity index (χ3n) is 5.12. The van der Waals surface area contributed by atoms with Crippen molar-refractivity contribution in [3.05, 3.63) is 0 Å². The lowest BCUT2D eigenvalue weighted by Gasteiger charge is -2.35. The van der Waals surface area contributed by atoms with Crippen LogP contribution in [0.15, 0.2) is 0 Å². The molecule has 0 atom stereocenters. The molecule has 1 fully saturated rings. The minimum absolute atomic E-state index is 0. The molecule has 0 amide bonds. The van der Waals surface area contributed by atoms with Gasteiger partial charge in [0.2, 0.25) is 0 Å². The van der Waals surface area contributed by atoms with Crippen LogP contribution in [0.1, 0.15) is 84.0 Å². The number of halogens is 1. The van der Waals surface area contributed by atoms with Gasteiger partial charge in [-0.2, -0.15) is 0 Å². The van der Waals surface area contributed by atoms with Crippen LogP contribution in [-0.4, -0.2) is 49.6 Å². The van der Waals surface area contributed by atoms with Crippen molar-refractivity contribution in [1.82, 2.24) is 9.80 Å². The number of unbranched alkanes of at least 4 members (excludes halogenated alkanes) is 9. The first-order valence-electron chi connectivity index (χ1n) is 9.62. The van der Waals surface area contributed by atoms with E-state index in [2.05, 4.69) is 30.8 Å². The Morgan fingerprint density at radius 1 is 0.773 bits per heavy atom. The lowest BCUT2D eigenvalue weighted by molar-refractivity contribution is 0.143. The second-order valence-electron chi connectivity index (χ2n) is 7.22. The lowest BCUT2D eigenvalue weighted by atomic mass is 10.0. The molecule has 0 aromatic carbocycles. The Morgan fingerprint density at radius 2 is 1.23 bits per heavy atom. The molecule has 1 saturated heterocycles. The van der Waals surface area contributed by atoms with E-state index >= 15 is 0 Å². The van der Waals surface area contributed by atoms with E-state index in [4.69, 9.17) is 0 Å². The van der Waals surface area contributed by atoms with Crippen LogP contribution in [0.5, 0.6) is 0 Å². The number of piperidine rings is 1. The SMILES string of the molecule is CCCCCCCCCCCCN1CCC(N(C)C)CC1.I. The zero-order chi connectivity index (χ0) is 15.3. The van der Waals surface area contributed by atoms with Gasteiger partial charge in [-0.1, -0.05) is 64.7 Å². The highest BCUT2D eigenvalue weighted by molar-refractivity contribution is 14.0. The van der Waals surface area contributed by atoms with E-state index in [1.807, 2.05) is 0 Å². The fourth-order valence-corrected chi connectivity index (χ4v) is 3.48. The molecule has 0 aromatic rings. The highest BCUT2D eigenvalue weighted by Crippen LogP contribution is 2.15. The van der Waals surface area contributed by atoms with Crippen molar-refractivity contribution in [3.8, 4) is 0 Å². The molecular weight excluding hydrogens is 383 g/mol. The van der Waals surface area contributed by atoms with Gasteiger partial charge in [-0.3, -0.25) is 0 Å². The van der Waals surface area contributed by atoms with Crippen LogP contribution in [0, 0.1) is 0 Å². The summed E-state index contributed by atoms with van der Waals surface area (Å²) in [5.74, 6) is 0. The summed E-state index contributed by atoms with van der Waals surface area (Å²) >= 11 is 0. The summed E-state index contributed by atoms with van der Waals surface area (Å²) in [6.45, 7) is 6.28. The second kappa shape index (κ2) is 15.2. The van der Waals surface area contributed by atoms with Gasteiger partial charge in [-0.15, -0.1) is 24.0 Å². The van der Waals surface area contributed by atoms with Crippen LogP contribution in [0.2, 0.25) is 0 Å². The summed E-state index contributed by atoms with van der Waals surface area (Å²) in [5.41, 5.74) is 0. The fourth-order valence-electron chi connectivity index (χ4n) is 3.48. The number of nitrogens with zero attached hydrogens (tertiary/aromatic N) is 2. The van der Waals surface area contributed by atoms with Gasteiger partial charge in [0.1, 0.15) is 0 Å². The van der Waals surface area contributed by atoms with Gasteiger partial charge < -0.3 is 9.80 Å². The highest BCUT2D eigenvalue weighted by atomic mass is 127. The molecule has 134 valence electrons. The molecule has 0 spiro atoms. The van der Waals surface area contributed by atoms with E-state index < -0.39 is 0 Å². The average molecular weight is 424 g/mol. The molecule has 1 aliphatic heterocycles. The van der Waals surface area contributed by atoms with Crippen molar-refractivity contribution in [2.24, 2.45) is 0 Å². The quantitative estimate of drug-likeness (QED) is 0.299. The summed E-state index contributed by atoms with van der Waals surface area (Å²) in [4.78, 5) is 5.09. The zero-order valence-electron chi connectivity index (χ0n) is 15.5. The van der Waals surface area contributed by atoms with Crippen molar-refractivity contribution < 1.29 is 0 Å². The van der Waals surface area contributed by atoms with Crippen LogP contribution in [0.4, 0.5) is 0 Å². The summed E-state index contributed by atoms with van der Waals surface area (Å²) in [7, 11) is 4.45. The number of hydrogen-bond acceptors (Lipinski definition) is 2. The molecule has 22 heavy (non-hydrogen) atoms. The van der Waals surface area contributed by atoms with Gasteiger partial charge in [0.25, 0.3) is 0 Å². The molecule has 1 rings (SSSR count). The van der Waals surface area contributed by atoms with Crippen LogP contribution < -0.4 is 0 Å². The third kappa shape index (κ3) is 11.2. The van der Waals surface area contributed by atoms with Crippen LogP contribution in [0.25, 0.3) is 0 Å². The lowest BCUT2D eigenvalue weighted by Crippen LogP contribution is -2.42. The van der Waals surface area contributed by atoms with E-state index in [0.717, 1.165) is 6.04 Å². The van der Waals surface area contributed by atoms with Crippen molar-refractivity contribution in [2.45, 2.75) is 90.0 Å². The molecule has 0 aliphatic carbocycles. The van der Waals surface area contributed by atoms with E-state index in [0.29, 0.717) is 0 Å². The molecule has 1 heterocycles. The summed E-state index contributed by atoms with van der Waals surface area (Å²) < 4.78 is 0. The van der Waals surface area contributed by atoms with Crippen molar-refractivity contribution in [3.63, 3.8) is 0 Å². The molecule has 1 aliphatic rings. The Hall–Kier alpha value is 0.650. The average Bonchev–Trinajstić information content (AvgIpc) is 2.49. The normalized spacial score (nSPS) is 16.9. The molecule has 2 nitrogen and oxygen atoms in total. The maximum absolute atomic E-state index is 2.69. The molecule has 0 N–H and O–H groups in total.